The minimum Gasteiger partial charge on any atom is -0.496 e. The number of ether oxygens (including phenoxy) is 2. The molecule has 0 saturated heterocycles. The molecule has 0 aliphatic carbocycles. The van der Waals surface area contributed by atoms with Gasteiger partial charge in [-0.2, -0.15) is 13.9 Å². The third-order valence-corrected chi connectivity index (χ3v) is 4.54. The minimum absolute atomic E-state index is 0.251. The third kappa shape index (κ3) is 4.48. The fraction of sp³-hybridized carbons (Fsp3) is 0.182. The first-order valence-electron chi connectivity index (χ1n) is 9.33. The summed E-state index contributed by atoms with van der Waals surface area (Å²) in [5, 5.41) is 4.02. The Balaban J connectivity index is 1.84. The average molecular weight is 452 g/mol. The van der Waals surface area contributed by atoms with E-state index in [4.69, 9.17) is 9.47 Å². The van der Waals surface area contributed by atoms with Crippen molar-refractivity contribution in [2.75, 3.05) is 7.11 Å². The van der Waals surface area contributed by atoms with Crippen molar-refractivity contribution in [2.24, 2.45) is 0 Å². The molecular weight excluding hydrogens is 435 g/mol. The van der Waals surface area contributed by atoms with Crippen LogP contribution in [0.5, 0.6) is 11.5 Å². The number of rotatable bonds is 8. The second-order valence-corrected chi connectivity index (χ2v) is 6.49. The second kappa shape index (κ2) is 9.63. The fourth-order valence-corrected chi connectivity index (χ4v) is 2.93. The molecule has 0 unspecified atom stereocenters. The van der Waals surface area contributed by atoms with Crippen molar-refractivity contribution in [1.82, 2.24) is 9.78 Å². The number of methoxy groups -OCH3 is 1. The van der Waals surface area contributed by atoms with Gasteiger partial charge in [0.25, 0.3) is 0 Å². The maximum atomic E-state index is 13.8. The highest BCUT2D eigenvalue weighted by Crippen LogP contribution is 2.31. The van der Waals surface area contributed by atoms with Gasteiger partial charge in [-0.1, -0.05) is 12.1 Å². The highest BCUT2D eigenvalue weighted by Gasteiger charge is 2.27. The number of carbonyl (C=O) groups excluding carboxylic acids is 1. The van der Waals surface area contributed by atoms with Crippen molar-refractivity contribution < 1.29 is 36.2 Å². The van der Waals surface area contributed by atoms with Crippen LogP contribution in [-0.2, 0) is 13.2 Å². The highest BCUT2D eigenvalue weighted by atomic mass is 19.2. The van der Waals surface area contributed by atoms with E-state index in [9.17, 15) is 26.7 Å². The van der Waals surface area contributed by atoms with E-state index in [2.05, 4.69) is 5.10 Å². The smallest absolute Gasteiger partial charge is 0.207 e. The lowest BCUT2D eigenvalue weighted by Gasteiger charge is -2.13. The number of benzene rings is 2. The highest BCUT2D eigenvalue weighted by molar-refractivity contribution is 6.05. The van der Waals surface area contributed by atoms with Crippen molar-refractivity contribution >= 4 is 11.9 Å². The minimum atomic E-state index is -2.27. The normalized spacial score (nSPS) is 11.2. The maximum Gasteiger partial charge on any atom is 0.207 e. The fourth-order valence-electron chi connectivity index (χ4n) is 2.93. The summed E-state index contributed by atoms with van der Waals surface area (Å²) >= 11 is 0. The van der Waals surface area contributed by atoms with Gasteiger partial charge in [0.05, 0.1) is 7.11 Å². The average Bonchev–Trinajstić information content (AvgIpc) is 3.29. The molecule has 3 aromatic rings. The monoisotopic (exact) mass is 452 g/mol. The van der Waals surface area contributed by atoms with Crippen LogP contribution in [0.2, 0.25) is 0 Å². The van der Waals surface area contributed by atoms with Crippen LogP contribution in [-0.4, -0.2) is 22.7 Å². The molecule has 0 radical (unpaired) electrons. The Morgan fingerprint density at radius 1 is 1.03 bits per heavy atom. The van der Waals surface area contributed by atoms with Crippen LogP contribution in [0.15, 0.2) is 36.5 Å². The predicted molar refractivity (Wildman–Crippen MR) is 105 cm³/mol. The van der Waals surface area contributed by atoms with Gasteiger partial charge in [0.1, 0.15) is 18.1 Å². The quantitative estimate of drug-likeness (QED) is 0.157. The summed E-state index contributed by atoms with van der Waals surface area (Å²) in [6.07, 6.45) is 4.32. The lowest BCUT2D eigenvalue weighted by Crippen LogP contribution is -2.08. The van der Waals surface area contributed by atoms with E-state index in [1.54, 1.807) is 12.1 Å². The van der Waals surface area contributed by atoms with Gasteiger partial charge in [-0.25, -0.2) is 13.2 Å². The molecule has 1 heterocycles. The summed E-state index contributed by atoms with van der Waals surface area (Å²) in [4.78, 5) is 12.4. The summed E-state index contributed by atoms with van der Waals surface area (Å²) in [5.41, 5.74) is 1.16. The Kier molecular flexibility index (Phi) is 6.92. The zero-order chi connectivity index (χ0) is 23.4. The van der Waals surface area contributed by atoms with E-state index in [0.717, 1.165) is 0 Å². The van der Waals surface area contributed by atoms with Crippen LogP contribution < -0.4 is 9.47 Å². The molecular formula is C22H17F5N2O3. The van der Waals surface area contributed by atoms with Crippen LogP contribution in [0.4, 0.5) is 22.0 Å². The predicted octanol–water partition coefficient (Wildman–Crippen LogP) is 5.08. The van der Waals surface area contributed by atoms with E-state index in [0.29, 0.717) is 17.8 Å². The number of nitrogens with zero attached hydrogens (tertiary/aromatic N) is 2. The van der Waals surface area contributed by atoms with E-state index in [1.807, 2.05) is 6.92 Å². The second-order valence-electron chi connectivity index (χ2n) is 6.49. The van der Waals surface area contributed by atoms with Crippen LogP contribution in [0.1, 0.15) is 28.5 Å². The van der Waals surface area contributed by atoms with Gasteiger partial charge >= 0.3 is 0 Å². The zero-order valence-corrected chi connectivity index (χ0v) is 17.0. The summed E-state index contributed by atoms with van der Waals surface area (Å²) in [7, 11) is 1.34. The molecule has 0 fully saturated rings. The topological polar surface area (TPSA) is 53.4 Å². The number of aryl methyl sites for hydroxylation is 1. The molecule has 0 N–H and O–H groups in total. The number of hydrogen-bond acceptors (Lipinski definition) is 4. The third-order valence-electron chi connectivity index (χ3n) is 4.54. The largest absolute Gasteiger partial charge is 0.496 e. The van der Waals surface area contributed by atoms with Gasteiger partial charge in [-0.15, -0.1) is 0 Å². The molecule has 0 amide bonds. The van der Waals surface area contributed by atoms with Gasteiger partial charge in [-0.3, -0.25) is 9.48 Å². The SMILES string of the molecule is CCn1nccc1C(=O)/C=C/c1ccc(OC)c(COc2c(F)c(F)c(F)c(F)c2F)c1. The summed E-state index contributed by atoms with van der Waals surface area (Å²) < 4.78 is 79.2. The lowest BCUT2D eigenvalue weighted by atomic mass is 10.1. The van der Waals surface area contributed by atoms with Gasteiger partial charge in [0.2, 0.25) is 34.9 Å². The first-order valence-corrected chi connectivity index (χ1v) is 9.33. The first kappa shape index (κ1) is 23.0. The Labute approximate surface area is 179 Å². The lowest BCUT2D eigenvalue weighted by molar-refractivity contribution is 0.103. The molecule has 0 aliphatic rings. The number of allylic oxidation sites excluding steroid dienone is 1. The Morgan fingerprint density at radius 2 is 1.69 bits per heavy atom. The standard InChI is InChI=1S/C22H17F5N2O3/c1-3-29-14(8-9-28-29)15(30)6-4-12-5-7-16(31-2)13(10-12)11-32-22-20(26)18(24)17(23)19(25)21(22)27/h4-10H,3,11H2,1-2H3/b6-4+. The van der Waals surface area contributed by atoms with Crippen molar-refractivity contribution in [1.29, 1.82) is 0 Å². The molecule has 32 heavy (non-hydrogen) atoms. The Bertz CT molecular complexity index is 1160. The molecule has 168 valence electrons. The van der Waals surface area contributed by atoms with Crippen molar-refractivity contribution in [3.05, 3.63) is 82.4 Å². The van der Waals surface area contributed by atoms with Crippen molar-refractivity contribution in [3.8, 4) is 11.5 Å². The van der Waals surface area contributed by atoms with E-state index in [1.165, 1.54) is 42.3 Å². The molecule has 0 saturated carbocycles. The van der Waals surface area contributed by atoms with Crippen LogP contribution in [0.3, 0.4) is 0 Å². The Morgan fingerprint density at radius 3 is 2.31 bits per heavy atom. The van der Waals surface area contributed by atoms with Crippen molar-refractivity contribution in [2.45, 2.75) is 20.1 Å². The number of halogens is 5. The van der Waals surface area contributed by atoms with Crippen LogP contribution >= 0.6 is 0 Å². The molecule has 0 atom stereocenters. The molecule has 0 aliphatic heterocycles. The molecule has 2 aromatic carbocycles. The summed E-state index contributed by atoms with van der Waals surface area (Å²) in [6, 6.07) is 6.19. The maximum absolute atomic E-state index is 13.8. The van der Waals surface area contributed by atoms with Crippen LogP contribution in [0, 0.1) is 29.1 Å². The number of ketones is 1. The van der Waals surface area contributed by atoms with Crippen LogP contribution in [0.25, 0.3) is 6.08 Å². The van der Waals surface area contributed by atoms with Gasteiger partial charge in [0.15, 0.2) is 5.75 Å². The van der Waals surface area contributed by atoms with Gasteiger partial charge < -0.3 is 9.47 Å². The van der Waals surface area contributed by atoms with Gasteiger partial charge in [0, 0.05) is 18.3 Å². The molecule has 10 heteroatoms. The molecule has 0 spiro atoms. The van der Waals surface area contributed by atoms with Gasteiger partial charge in [-0.05, 0) is 36.8 Å². The zero-order valence-electron chi connectivity index (χ0n) is 17.0. The van der Waals surface area contributed by atoms with E-state index < -0.39 is 41.4 Å². The van der Waals surface area contributed by atoms with Crippen molar-refractivity contribution in [3.63, 3.8) is 0 Å². The molecule has 5 nitrogen and oxygen atoms in total. The number of aromatic nitrogens is 2. The van der Waals surface area contributed by atoms with E-state index in [-0.39, 0.29) is 17.1 Å². The number of hydrogen-bond donors (Lipinski definition) is 0. The van der Waals surface area contributed by atoms with E-state index >= 15 is 0 Å². The first-order chi connectivity index (χ1) is 15.3. The summed E-state index contributed by atoms with van der Waals surface area (Å²) in [6.45, 7) is 1.80. The number of carbonyl (C=O) groups is 1. The molecule has 1 aromatic heterocycles. The Hall–Kier alpha value is -3.69. The molecule has 3 rings (SSSR count). The molecule has 0 bridgehead atoms. The summed E-state index contributed by atoms with van der Waals surface area (Å²) in [5.74, 6) is -12.1.